The molecule has 3 nitrogen and oxygen atoms in total. The maximum atomic E-state index is 9.35. The minimum Gasteiger partial charge on any atom is -0.508 e. The van der Waals surface area contributed by atoms with Gasteiger partial charge in [0.1, 0.15) is 5.75 Å². The molecule has 1 aliphatic rings. The molecule has 0 bridgehead atoms. The summed E-state index contributed by atoms with van der Waals surface area (Å²) in [5.74, 6) is 0.165. The van der Waals surface area contributed by atoms with Gasteiger partial charge in [0.25, 0.3) is 0 Å². The molecule has 0 aliphatic carbocycles. The van der Waals surface area contributed by atoms with Gasteiger partial charge in [-0.25, -0.2) is 0 Å². The van der Waals surface area contributed by atoms with Gasteiger partial charge in [-0.2, -0.15) is 0 Å². The predicted molar refractivity (Wildman–Crippen MR) is 45.4 cm³/mol. The van der Waals surface area contributed by atoms with Crippen LogP contribution in [0, 0.1) is 0 Å². The normalized spacial score (nSPS) is 15.9. The lowest BCUT2D eigenvalue weighted by Gasteiger charge is -2.18. The molecule has 62 valence electrons. The van der Waals surface area contributed by atoms with Crippen LogP contribution in [0.1, 0.15) is 5.56 Å². The van der Waals surface area contributed by atoms with Crippen LogP contribution in [0.15, 0.2) is 18.2 Å². The molecule has 0 aromatic heterocycles. The summed E-state index contributed by atoms with van der Waals surface area (Å²) < 4.78 is 5.00. The maximum Gasteiger partial charge on any atom is 0.491 e. The summed E-state index contributed by atoms with van der Waals surface area (Å²) >= 11 is 0. The van der Waals surface area contributed by atoms with Crippen LogP contribution in [0.4, 0.5) is 0 Å². The average Bonchev–Trinajstić information content (AvgIpc) is 2.07. The Morgan fingerprint density at radius 2 is 2.25 bits per heavy atom. The molecule has 1 aromatic rings. The van der Waals surface area contributed by atoms with Crippen molar-refractivity contribution in [3.63, 3.8) is 0 Å². The van der Waals surface area contributed by atoms with E-state index in [2.05, 4.69) is 0 Å². The van der Waals surface area contributed by atoms with Crippen molar-refractivity contribution in [3.8, 4) is 5.75 Å². The highest BCUT2D eigenvalue weighted by Gasteiger charge is 2.24. The Morgan fingerprint density at radius 3 is 3.08 bits per heavy atom. The molecule has 1 heterocycles. The molecule has 1 aromatic carbocycles. The molecule has 0 atom stereocenters. The lowest BCUT2D eigenvalue weighted by atomic mass is 9.73. The maximum absolute atomic E-state index is 9.35. The van der Waals surface area contributed by atoms with Gasteiger partial charge in [0.05, 0.1) is 0 Å². The molecule has 0 fully saturated rings. The first kappa shape index (κ1) is 7.64. The molecular formula is C8H9BO3. The summed E-state index contributed by atoms with van der Waals surface area (Å²) in [5.41, 5.74) is 1.73. The van der Waals surface area contributed by atoms with Gasteiger partial charge in [0, 0.05) is 6.61 Å². The number of rotatable bonds is 0. The van der Waals surface area contributed by atoms with Gasteiger partial charge in [-0.15, -0.1) is 0 Å². The highest BCUT2D eigenvalue weighted by molar-refractivity contribution is 6.60. The SMILES string of the molecule is OB1OCCc2ccc(O)cc21. The molecule has 1 aliphatic heterocycles. The number of fused-ring (bicyclic) bond motifs is 1. The van der Waals surface area contributed by atoms with Gasteiger partial charge >= 0.3 is 7.12 Å². The van der Waals surface area contributed by atoms with Crippen molar-refractivity contribution in [2.75, 3.05) is 6.61 Å². The van der Waals surface area contributed by atoms with Gasteiger partial charge < -0.3 is 14.8 Å². The van der Waals surface area contributed by atoms with Crippen LogP contribution in [-0.4, -0.2) is 23.9 Å². The highest BCUT2D eigenvalue weighted by Crippen LogP contribution is 2.12. The van der Waals surface area contributed by atoms with E-state index in [0.29, 0.717) is 12.1 Å². The van der Waals surface area contributed by atoms with Crippen LogP contribution in [0.3, 0.4) is 0 Å². The van der Waals surface area contributed by atoms with Gasteiger partial charge in [-0.1, -0.05) is 6.07 Å². The van der Waals surface area contributed by atoms with Crippen LogP contribution in [-0.2, 0) is 11.1 Å². The van der Waals surface area contributed by atoms with Gasteiger partial charge in [-0.05, 0) is 29.6 Å². The number of phenols is 1. The lowest BCUT2D eigenvalue weighted by Crippen LogP contribution is -2.41. The van der Waals surface area contributed by atoms with E-state index in [-0.39, 0.29) is 5.75 Å². The molecular weight excluding hydrogens is 155 g/mol. The fourth-order valence-electron chi connectivity index (χ4n) is 1.41. The van der Waals surface area contributed by atoms with E-state index in [0.717, 1.165) is 12.0 Å². The van der Waals surface area contributed by atoms with Gasteiger partial charge in [0.2, 0.25) is 0 Å². The topological polar surface area (TPSA) is 49.7 Å². The highest BCUT2D eigenvalue weighted by atomic mass is 16.5. The fraction of sp³-hybridized carbons (Fsp3) is 0.250. The quantitative estimate of drug-likeness (QED) is 0.515. The Hall–Kier alpha value is -0.995. The van der Waals surface area contributed by atoms with E-state index in [9.17, 15) is 5.02 Å². The first-order valence-electron chi connectivity index (χ1n) is 3.89. The molecule has 12 heavy (non-hydrogen) atoms. The second-order valence-corrected chi connectivity index (χ2v) is 2.86. The third-order valence-corrected chi connectivity index (χ3v) is 2.04. The van der Waals surface area contributed by atoms with E-state index in [4.69, 9.17) is 9.76 Å². The van der Waals surface area contributed by atoms with Crippen LogP contribution in [0.5, 0.6) is 5.75 Å². The number of hydrogen-bond acceptors (Lipinski definition) is 3. The zero-order valence-electron chi connectivity index (χ0n) is 6.53. The molecule has 0 radical (unpaired) electrons. The van der Waals surface area contributed by atoms with E-state index in [1.807, 2.05) is 6.07 Å². The Balaban J connectivity index is 2.47. The second kappa shape index (κ2) is 2.81. The molecule has 0 saturated heterocycles. The van der Waals surface area contributed by atoms with E-state index >= 15 is 0 Å². The Morgan fingerprint density at radius 1 is 1.42 bits per heavy atom. The van der Waals surface area contributed by atoms with E-state index in [1.165, 1.54) is 0 Å². The second-order valence-electron chi connectivity index (χ2n) is 2.86. The van der Waals surface area contributed by atoms with Crippen LogP contribution in [0.25, 0.3) is 0 Å². The van der Waals surface area contributed by atoms with Crippen molar-refractivity contribution in [1.82, 2.24) is 0 Å². The summed E-state index contributed by atoms with van der Waals surface area (Å²) in [6.07, 6.45) is 0.798. The minimum atomic E-state index is -0.874. The van der Waals surface area contributed by atoms with Crippen LogP contribution < -0.4 is 5.46 Å². The zero-order valence-corrected chi connectivity index (χ0v) is 6.53. The smallest absolute Gasteiger partial charge is 0.491 e. The van der Waals surface area contributed by atoms with Crippen molar-refractivity contribution in [2.24, 2.45) is 0 Å². The Bertz CT molecular complexity index is 300. The van der Waals surface area contributed by atoms with E-state index < -0.39 is 7.12 Å². The summed E-state index contributed by atoms with van der Waals surface area (Å²) in [7, 11) is -0.874. The monoisotopic (exact) mass is 164 g/mol. The minimum absolute atomic E-state index is 0.165. The average molecular weight is 164 g/mol. The summed E-state index contributed by atoms with van der Waals surface area (Å²) in [6, 6.07) is 4.98. The standard InChI is InChI=1S/C8H9BO3/c10-7-2-1-6-3-4-12-9(11)8(6)5-7/h1-2,5,10-11H,3-4H2. The van der Waals surface area contributed by atoms with Crippen molar-refractivity contribution in [1.29, 1.82) is 0 Å². The van der Waals surface area contributed by atoms with Crippen molar-refractivity contribution < 1.29 is 14.8 Å². The van der Waals surface area contributed by atoms with Crippen LogP contribution >= 0.6 is 0 Å². The summed E-state index contributed by atoms with van der Waals surface area (Å²) in [5, 5.41) is 18.5. The van der Waals surface area contributed by atoms with Crippen molar-refractivity contribution >= 4 is 12.6 Å². The summed E-state index contributed by atoms with van der Waals surface area (Å²) in [4.78, 5) is 0. The van der Waals surface area contributed by atoms with Gasteiger partial charge in [0.15, 0.2) is 0 Å². The summed E-state index contributed by atoms with van der Waals surface area (Å²) in [6.45, 7) is 0.541. The van der Waals surface area contributed by atoms with Crippen molar-refractivity contribution in [2.45, 2.75) is 6.42 Å². The predicted octanol–water partition coefficient (Wildman–Crippen LogP) is -0.348. The largest absolute Gasteiger partial charge is 0.508 e. The molecule has 0 spiro atoms. The molecule has 4 heteroatoms. The first-order chi connectivity index (χ1) is 5.77. The molecule has 0 saturated carbocycles. The molecule has 0 amide bonds. The lowest BCUT2D eigenvalue weighted by molar-refractivity contribution is 0.266. The van der Waals surface area contributed by atoms with Gasteiger partial charge in [-0.3, -0.25) is 0 Å². The van der Waals surface area contributed by atoms with E-state index in [1.54, 1.807) is 12.1 Å². The third-order valence-electron chi connectivity index (χ3n) is 2.04. The fourth-order valence-corrected chi connectivity index (χ4v) is 1.41. The van der Waals surface area contributed by atoms with Crippen molar-refractivity contribution in [3.05, 3.63) is 23.8 Å². The first-order valence-corrected chi connectivity index (χ1v) is 3.89. The molecule has 2 rings (SSSR count). The third kappa shape index (κ3) is 1.19. The van der Waals surface area contributed by atoms with Crippen LogP contribution in [0.2, 0.25) is 0 Å². The zero-order chi connectivity index (χ0) is 8.55. The molecule has 2 N–H and O–H groups in total. The number of hydrogen-bond donors (Lipinski definition) is 2. The Labute approximate surface area is 70.8 Å². The number of benzene rings is 1. The number of aromatic hydroxyl groups is 1. The molecule has 0 unspecified atom stereocenters. The Kier molecular flexibility index (Phi) is 1.79. The number of phenolic OH excluding ortho intramolecular Hbond substituents is 1.